The molecule has 31 heavy (non-hydrogen) atoms. The van der Waals surface area contributed by atoms with E-state index in [0.29, 0.717) is 27.1 Å². The van der Waals surface area contributed by atoms with Gasteiger partial charge in [-0.2, -0.15) is 0 Å². The molecule has 0 bridgehead atoms. The Morgan fingerprint density at radius 1 is 0.613 bits per heavy atom. The Morgan fingerprint density at radius 3 is 1.81 bits per heavy atom. The van der Waals surface area contributed by atoms with Crippen molar-refractivity contribution < 1.29 is 0 Å². The maximum absolute atomic E-state index is 2.82. The molecule has 0 heteroatoms. The maximum Gasteiger partial charge on any atom is -0.0235 e. The minimum Gasteiger partial charge on any atom is -0.0625 e. The fourth-order valence-corrected chi connectivity index (χ4v) is 12.8. The van der Waals surface area contributed by atoms with Gasteiger partial charge in [-0.3, -0.25) is 0 Å². The fourth-order valence-electron chi connectivity index (χ4n) is 12.8. The van der Waals surface area contributed by atoms with Crippen LogP contribution in [0.1, 0.15) is 127 Å². The van der Waals surface area contributed by atoms with Crippen LogP contribution < -0.4 is 0 Å². The smallest absolute Gasteiger partial charge is 0.0235 e. The van der Waals surface area contributed by atoms with Crippen LogP contribution in [0, 0.1) is 68.5 Å². The molecular formula is C31H54. The van der Waals surface area contributed by atoms with E-state index in [1.54, 1.807) is 0 Å². The minimum absolute atomic E-state index is 0.533. The van der Waals surface area contributed by atoms with Gasteiger partial charge < -0.3 is 0 Å². The van der Waals surface area contributed by atoms with Gasteiger partial charge in [-0.25, -0.2) is 0 Å². The normalized spacial score (nSPS) is 58.3. The molecule has 5 saturated carbocycles. The summed E-state index contributed by atoms with van der Waals surface area (Å²) in [6, 6.07) is 0. The van der Waals surface area contributed by atoms with Gasteiger partial charge in [-0.05, 0) is 133 Å². The SMILES string of the molecule is CC(C)[C@H]1CC[C@]2(C)[C@H]3CC[C@@H]4[C@@]5(C)C[C@H](C)CC(C)(C)[C@@H]5CC[C@@]4(C)[C@]3(C)CC[C@@H]12. The van der Waals surface area contributed by atoms with Crippen LogP contribution in [-0.2, 0) is 0 Å². The lowest BCUT2D eigenvalue weighted by Gasteiger charge is -2.73. The minimum atomic E-state index is 0.533. The molecule has 0 nitrogen and oxygen atoms in total. The molecule has 178 valence electrons. The monoisotopic (exact) mass is 426 g/mol. The molecule has 0 saturated heterocycles. The van der Waals surface area contributed by atoms with E-state index in [1.165, 1.54) is 64.2 Å². The van der Waals surface area contributed by atoms with Crippen LogP contribution in [0.15, 0.2) is 0 Å². The summed E-state index contributed by atoms with van der Waals surface area (Å²) in [5, 5.41) is 0. The number of hydrogen-bond acceptors (Lipinski definition) is 0. The first-order valence-corrected chi connectivity index (χ1v) is 14.3. The highest BCUT2D eigenvalue weighted by atomic mass is 14.7. The van der Waals surface area contributed by atoms with Crippen molar-refractivity contribution in [2.75, 3.05) is 0 Å². The summed E-state index contributed by atoms with van der Waals surface area (Å²) in [4.78, 5) is 0. The van der Waals surface area contributed by atoms with Crippen molar-refractivity contribution in [2.24, 2.45) is 68.5 Å². The molecule has 0 aliphatic heterocycles. The highest BCUT2D eigenvalue weighted by Crippen LogP contribution is 2.78. The lowest BCUT2D eigenvalue weighted by Crippen LogP contribution is -2.66. The van der Waals surface area contributed by atoms with Gasteiger partial charge in [-0.15, -0.1) is 0 Å². The highest BCUT2D eigenvalue weighted by molar-refractivity contribution is 5.19. The molecule has 5 fully saturated rings. The van der Waals surface area contributed by atoms with E-state index >= 15 is 0 Å². The first kappa shape index (κ1) is 22.8. The first-order valence-electron chi connectivity index (χ1n) is 14.3. The molecule has 5 aliphatic carbocycles. The second-order valence-electron chi connectivity index (χ2n) is 15.7. The van der Waals surface area contributed by atoms with Crippen LogP contribution in [-0.4, -0.2) is 0 Å². The molecule has 5 rings (SSSR count). The molecule has 0 aromatic carbocycles. The first-order chi connectivity index (χ1) is 14.3. The van der Waals surface area contributed by atoms with Crippen LogP contribution in [0.25, 0.3) is 0 Å². The van der Waals surface area contributed by atoms with Crippen LogP contribution in [0.4, 0.5) is 0 Å². The van der Waals surface area contributed by atoms with Gasteiger partial charge in [0.25, 0.3) is 0 Å². The molecule has 10 atom stereocenters. The molecule has 0 unspecified atom stereocenters. The van der Waals surface area contributed by atoms with E-state index in [-0.39, 0.29) is 0 Å². The van der Waals surface area contributed by atoms with Gasteiger partial charge in [0, 0.05) is 0 Å². The molecule has 0 aromatic rings. The van der Waals surface area contributed by atoms with Crippen LogP contribution >= 0.6 is 0 Å². The summed E-state index contributed by atoms with van der Waals surface area (Å²) >= 11 is 0. The largest absolute Gasteiger partial charge is 0.0625 e. The van der Waals surface area contributed by atoms with Crippen LogP contribution in [0.3, 0.4) is 0 Å². The van der Waals surface area contributed by atoms with Gasteiger partial charge in [0.15, 0.2) is 0 Å². The second kappa shape index (κ2) is 6.78. The Hall–Kier alpha value is 0. The zero-order chi connectivity index (χ0) is 22.6. The maximum atomic E-state index is 2.82. The lowest BCUT2D eigenvalue weighted by atomic mass is 9.31. The summed E-state index contributed by atoms with van der Waals surface area (Å²) < 4.78 is 0. The average molecular weight is 427 g/mol. The summed E-state index contributed by atoms with van der Waals surface area (Å²) in [5.41, 5.74) is 2.83. The van der Waals surface area contributed by atoms with E-state index in [1.807, 2.05) is 0 Å². The zero-order valence-electron chi connectivity index (χ0n) is 22.6. The zero-order valence-corrected chi connectivity index (χ0v) is 22.6. The Bertz CT molecular complexity index is 718. The van der Waals surface area contributed by atoms with Gasteiger partial charge in [0.05, 0.1) is 0 Å². The van der Waals surface area contributed by atoms with E-state index in [0.717, 1.165) is 41.4 Å². The third kappa shape index (κ3) is 2.78. The number of rotatable bonds is 1. The van der Waals surface area contributed by atoms with Gasteiger partial charge in [0.1, 0.15) is 0 Å². The number of fused-ring (bicyclic) bond motifs is 7. The van der Waals surface area contributed by atoms with E-state index in [2.05, 4.69) is 62.3 Å². The van der Waals surface area contributed by atoms with Crippen molar-refractivity contribution >= 4 is 0 Å². The average Bonchev–Trinajstić information content (AvgIpc) is 2.98. The highest BCUT2D eigenvalue weighted by Gasteiger charge is 2.70. The Kier molecular flexibility index (Phi) is 4.98. The third-order valence-corrected chi connectivity index (χ3v) is 13.7. The lowest BCUT2D eigenvalue weighted by molar-refractivity contribution is -0.245. The summed E-state index contributed by atoms with van der Waals surface area (Å²) in [6.45, 7) is 24.0. The van der Waals surface area contributed by atoms with Gasteiger partial charge >= 0.3 is 0 Å². The van der Waals surface area contributed by atoms with E-state index in [4.69, 9.17) is 0 Å². The van der Waals surface area contributed by atoms with Crippen molar-refractivity contribution in [3.05, 3.63) is 0 Å². The van der Waals surface area contributed by atoms with E-state index in [9.17, 15) is 0 Å². The molecular weight excluding hydrogens is 372 g/mol. The standard InChI is InChI=1S/C31H54/c1-20(2)22-12-15-28(6)23(22)13-16-30(8)25(28)10-11-26-29(7)19-21(3)18-27(4,5)24(29)14-17-31(26,30)9/h20-26H,10-19H2,1-9H3/t21-,22-,23+,24+,25-,26-,28+,29+,30-,31-/m1/s1. The Morgan fingerprint density at radius 2 is 1.19 bits per heavy atom. The van der Waals surface area contributed by atoms with Gasteiger partial charge in [0.2, 0.25) is 0 Å². The predicted octanol–water partition coefficient (Wildman–Crippen LogP) is 9.38. The summed E-state index contributed by atoms with van der Waals surface area (Å²) in [7, 11) is 0. The van der Waals surface area contributed by atoms with Crippen LogP contribution in [0.5, 0.6) is 0 Å². The summed E-state index contributed by atoms with van der Waals surface area (Å²) in [5.74, 6) is 6.64. The molecule has 0 aromatic heterocycles. The van der Waals surface area contributed by atoms with Crippen LogP contribution in [0.2, 0.25) is 0 Å². The number of hydrogen-bond donors (Lipinski definition) is 0. The van der Waals surface area contributed by atoms with Gasteiger partial charge in [-0.1, -0.05) is 62.3 Å². The predicted molar refractivity (Wildman–Crippen MR) is 134 cm³/mol. The summed E-state index contributed by atoms with van der Waals surface area (Å²) in [6.07, 6.45) is 15.1. The molecule has 5 aliphatic rings. The molecule has 0 heterocycles. The van der Waals surface area contributed by atoms with Crippen molar-refractivity contribution in [3.8, 4) is 0 Å². The second-order valence-corrected chi connectivity index (χ2v) is 15.7. The molecule has 0 amide bonds. The fraction of sp³-hybridized carbons (Fsp3) is 1.00. The van der Waals surface area contributed by atoms with Crippen molar-refractivity contribution in [1.82, 2.24) is 0 Å². The molecule has 0 spiro atoms. The van der Waals surface area contributed by atoms with E-state index < -0.39 is 0 Å². The van der Waals surface area contributed by atoms with Crippen molar-refractivity contribution in [2.45, 2.75) is 127 Å². The third-order valence-electron chi connectivity index (χ3n) is 13.7. The topological polar surface area (TPSA) is 0 Å². The molecule has 0 N–H and O–H groups in total. The van der Waals surface area contributed by atoms with Crippen molar-refractivity contribution in [3.63, 3.8) is 0 Å². The Balaban J connectivity index is 1.53. The quantitative estimate of drug-likeness (QED) is 0.391. The van der Waals surface area contributed by atoms with Crippen molar-refractivity contribution in [1.29, 1.82) is 0 Å². The Labute approximate surface area is 195 Å². The molecule has 0 radical (unpaired) electrons.